The van der Waals surface area contributed by atoms with Crippen molar-refractivity contribution in [1.29, 1.82) is 0 Å². The monoisotopic (exact) mass is 276 g/mol. The van der Waals surface area contributed by atoms with Crippen LogP contribution in [0.4, 0.5) is 10.5 Å². The van der Waals surface area contributed by atoms with Gasteiger partial charge in [0.15, 0.2) is 0 Å². The molecular formula is C15H24N4O. The molecule has 20 heavy (non-hydrogen) atoms. The Labute approximate surface area is 120 Å². The first-order valence-corrected chi connectivity index (χ1v) is 7.30. The van der Waals surface area contributed by atoms with Crippen molar-refractivity contribution in [1.82, 2.24) is 10.2 Å². The standard InChI is InChI=1S/C15H24N4O/c1-2-19-9-3-4-14(11-19)18-15(20)17-13-7-5-12(10-16)6-8-13/h5-8,14H,2-4,9-11,16H2,1H3,(H2,17,18,20). The second-order valence-electron chi connectivity index (χ2n) is 5.23. The van der Waals surface area contributed by atoms with Crippen molar-refractivity contribution in [2.45, 2.75) is 32.4 Å². The van der Waals surface area contributed by atoms with Crippen molar-refractivity contribution >= 4 is 11.7 Å². The fraction of sp³-hybridized carbons (Fsp3) is 0.533. The Morgan fingerprint density at radius 1 is 1.40 bits per heavy atom. The van der Waals surface area contributed by atoms with E-state index in [1.807, 2.05) is 24.3 Å². The van der Waals surface area contributed by atoms with Crippen molar-refractivity contribution in [3.05, 3.63) is 29.8 Å². The van der Waals surface area contributed by atoms with Gasteiger partial charge in [-0.15, -0.1) is 0 Å². The normalized spacial score (nSPS) is 19.6. The summed E-state index contributed by atoms with van der Waals surface area (Å²) < 4.78 is 0. The van der Waals surface area contributed by atoms with Crippen LogP contribution in [0.25, 0.3) is 0 Å². The highest BCUT2D eigenvalue weighted by molar-refractivity contribution is 5.89. The summed E-state index contributed by atoms with van der Waals surface area (Å²) in [5, 5.41) is 5.91. The topological polar surface area (TPSA) is 70.4 Å². The van der Waals surface area contributed by atoms with Gasteiger partial charge in [0.05, 0.1) is 0 Å². The number of benzene rings is 1. The van der Waals surface area contributed by atoms with Crippen LogP contribution < -0.4 is 16.4 Å². The number of hydrogen-bond donors (Lipinski definition) is 3. The Kier molecular flexibility index (Phi) is 5.38. The molecular weight excluding hydrogens is 252 g/mol. The number of nitrogens with one attached hydrogen (secondary N) is 2. The molecule has 5 nitrogen and oxygen atoms in total. The summed E-state index contributed by atoms with van der Waals surface area (Å²) >= 11 is 0. The van der Waals surface area contributed by atoms with Gasteiger partial charge in [0.25, 0.3) is 0 Å². The van der Waals surface area contributed by atoms with Gasteiger partial charge in [0.1, 0.15) is 0 Å². The van der Waals surface area contributed by atoms with Crippen molar-refractivity contribution in [2.24, 2.45) is 5.73 Å². The van der Waals surface area contributed by atoms with E-state index in [9.17, 15) is 4.79 Å². The number of likely N-dealkylation sites (N-methyl/N-ethyl adjacent to an activating group) is 1. The fourth-order valence-electron chi connectivity index (χ4n) is 2.54. The molecule has 1 aromatic rings. The second kappa shape index (κ2) is 7.26. The Morgan fingerprint density at radius 3 is 2.80 bits per heavy atom. The third kappa shape index (κ3) is 4.21. The molecule has 110 valence electrons. The zero-order chi connectivity index (χ0) is 14.4. The summed E-state index contributed by atoms with van der Waals surface area (Å²) in [6.45, 7) is 5.79. The predicted molar refractivity (Wildman–Crippen MR) is 81.6 cm³/mol. The number of amides is 2. The van der Waals surface area contributed by atoms with Crippen molar-refractivity contribution in [2.75, 3.05) is 25.0 Å². The minimum atomic E-state index is -0.131. The molecule has 1 saturated heterocycles. The SMILES string of the molecule is CCN1CCCC(NC(=O)Nc2ccc(CN)cc2)C1. The van der Waals surface area contributed by atoms with E-state index in [-0.39, 0.29) is 12.1 Å². The second-order valence-corrected chi connectivity index (χ2v) is 5.23. The minimum Gasteiger partial charge on any atom is -0.334 e. The van der Waals surface area contributed by atoms with Crippen molar-refractivity contribution < 1.29 is 4.79 Å². The van der Waals surface area contributed by atoms with Gasteiger partial charge >= 0.3 is 6.03 Å². The Hall–Kier alpha value is -1.59. The molecule has 1 atom stereocenters. The number of likely N-dealkylation sites (tertiary alicyclic amines) is 1. The highest BCUT2D eigenvalue weighted by atomic mass is 16.2. The summed E-state index contributed by atoms with van der Waals surface area (Å²) in [4.78, 5) is 14.3. The molecule has 1 aliphatic heterocycles. The van der Waals surface area contributed by atoms with Gasteiger partial charge in [-0.1, -0.05) is 19.1 Å². The van der Waals surface area contributed by atoms with E-state index >= 15 is 0 Å². The Morgan fingerprint density at radius 2 is 2.15 bits per heavy atom. The molecule has 0 aromatic heterocycles. The average Bonchev–Trinajstić information content (AvgIpc) is 2.48. The van der Waals surface area contributed by atoms with Crippen molar-refractivity contribution in [3.63, 3.8) is 0 Å². The first kappa shape index (κ1) is 14.8. The Balaban J connectivity index is 1.82. The van der Waals surface area contributed by atoms with E-state index in [2.05, 4.69) is 22.5 Å². The molecule has 1 aromatic carbocycles. The zero-order valence-corrected chi connectivity index (χ0v) is 12.1. The predicted octanol–water partition coefficient (Wildman–Crippen LogP) is 1.75. The lowest BCUT2D eigenvalue weighted by Gasteiger charge is -2.32. The molecule has 0 saturated carbocycles. The number of piperidine rings is 1. The molecule has 0 aliphatic carbocycles. The van der Waals surface area contributed by atoms with Crippen LogP contribution in [0.1, 0.15) is 25.3 Å². The van der Waals surface area contributed by atoms with Gasteiger partial charge in [-0.25, -0.2) is 4.79 Å². The van der Waals surface area contributed by atoms with Crippen molar-refractivity contribution in [3.8, 4) is 0 Å². The summed E-state index contributed by atoms with van der Waals surface area (Å²) in [5.74, 6) is 0. The van der Waals surface area contributed by atoms with Crippen LogP contribution in [0.5, 0.6) is 0 Å². The molecule has 1 unspecified atom stereocenters. The maximum absolute atomic E-state index is 12.0. The first-order chi connectivity index (χ1) is 9.71. The lowest BCUT2D eigenvalue weighted by Crippen LogP contribution is -2.48. The molecule has 1 aliphatic rings. The van der Waals surface area contributed by atoms with E-state index < -0.39 is 0 Å². The van der Waals surface area contributed by atoms with E-state index in [1.165, 1.54) is 0 Å². The van der Waals surface area contributed by atoms with E-state index in [4.69, 9.17) is 5.73 Å². The maximum Gasteiger partial charge on any atom is 0.319 e. The summed E-state index contributed by atoms with van der Waals surface area (Å²) in [6.07, 6.45) is 2.19. The van der Waals surface area contributed by atoms with Crippen LogP contribution in [0.2, 0.25) is 0 Å². The molecule has 2 amide bonds. The van der Waals surface area contributed by atoms with E-state index in [0.717, 1.165) is 43.7 Å². The summed E-state index contributed by atoms with van der Waals surface area (Å²) in [6, 6.07) is 7.71. The first-order valence-electron chi connectivity index (χ1n) is 7.30. The van der Waals surface area contributed by atoms with Crippen LogP contribution in [-0.2, 0) is 6.54 Å². The molecule has 0 bridgehead atoms. The van der Waals surface area contributed by atoms with Gasteiger partial charge < -0.3 is 21.3 Å². The largest absolute Gasteiger partial charge is 0.334 e. The van der Waals surface area contributed by atoms with E-state index in [1.54, 1.807) is 0 Å². The van der Waals surface area contributed by atoms with Crippen LogP contribution in [0.15, 0.2) is 24.3 Å². The highest BCUT2D eigenvalue weighted by Gasteiger charge is 2.20. The van der Waals surface area contributed by atoms with Crippen LogP contribution in [0.3, 0.4) is 0 Å². The van der Waals surface area contributed by atoms with Gasteiger partial charge in [-0.3, -0.25) is 0 Å². The quantitative estimate of drug-likeness (QED) is 0.784. The van der Waals surface area contributed by atoms with Crippen LogP contribution in [-0.4, -0.2) is 36.6 Å². The fourth-order valence-corrected chi connectivity index (χ4v) is 2.54. The molecule has 1 fully saturated rings. The van der Waals surface area contributed by atoms with Gasteiger partial charge in [-0.2, -0.15) is 0 Å². The molecule has 4 N–H and O–H groups in total. The lowest BCUT2D eigenvalue weighted by atomic mass is 10.1. The van der Waals surface area contributed by atoms with Gasteiger partial charge in [-0.05, 0) is 43.6 Å². The third-order valence-corrected chi connectivity index (χ3v) is 3.74. The number of nitrogens with zero attached hydrogens (tertiary/aromatic N) is 1. The number of nitrogens with two attached hydrogens (primary N) is 1. The summed E-state index contributed by atoms with van der Waals surface area (Å²) in [7, 11) is 0. The molecule has 0 radical (unpaired) electrons. The van der Waals surface area contributed by atoms with Gasteiger partial charge in [0.2, 0.25) is 0 Å². The molecule has 1 heterocycles. The smallest absolute Gasteiger partial charge is 0.319 e. The maximum atomic E-state index is 12.0. The van der Waals surface area contributed by atoms with Gasteiger partial charge in [0, 0.05) is 24.8 Å². The highest BCUT2D eigenvalue weighted by Crippen LogP contribution is 2.11. The van der Waals surface area contributed by atoms with E-state index in [0.29, 0.717) is 6.54 Å². The number of carbonyl (C=O) groups is 1. The number of hydrogen-bond acceptors (Lipinski definition) is 3. The molecule has 2 rings (SSSR count). The number of rotatable bonds is 4. The lowest BCUT2D eigenvalue weighted by molar-refractivity contribution is 0.196. The van der Waals surface area contributed by atoms with Crippen LogP contribution >= 0.6 is 0 Å². The number of urea groups is 1. The molecule has 0 spiro atoms. The Bertz CT molecular complexity index is 432. The third-order valence-electron chi connectivity index (χ3n) is 3.74. The summed E-state index contributed by atoms with van der Waals surface area (Å²) in [5.41, 5.74) is 7.40. The van der Waals surface area contributed by atoms with Crippen LogP contribution in [0, 0.1) is 0 Å². The average molecular weight is 276 g/mol. The zero-order valence-electron chi connectivity index (χ0n) is 12.1. The minimum absolute atomic E-state index is 0.131. The number of carbonyl (C=O) groups excluding carboxylic acids is 1. The molecule has 5 heteroatoms. The number of anilines is 1.